The molecule has 4 rings (SSSR count). The van der Waals surface area contributed by atoms with Crippen molar-refractivity contribution in [2.24, 2.45) is 0 Å². The Morgan fingerprint density at radius 2 is 1.42 bits per heavy atom. The van der Waals surface area contributed by atoms with Gasteiger partial charge in [0.25, 0.3) is 0 Å². The van der Waals surface area contributed by atoms with E-state index in [0.29, 0.717) is 17.6 Å². The third-order valence-corrected chi connectivity index (χ3v) is 4.97. The summed E-state index contributed by atoms with van der Waals surface area (Å²) < 4.78 is 47.4. The van der Waals surface area contributed by atoms with Gasteiger partial charge in [-0.05, 0) is 61.1 Å². The van der Waals surface area contributed by atoms with E-state index >= 15 is 0 Å². The zero-order chi connectivity index (χ0) is 18.1. The number of halogens is 3. The molecule has 2 aliphatic heterocycles. The van der Waals surface area contributed by atoms with Crippen LogP contribution in [0.1, 0.15) is 25.7 Å². The Morgan fingerprint density at radius 3 is 2.04 bits per heavy atom. The number of hydrogen-bond acceptors (Lipinski definition) is 3. The molecule has 2 saturated heterocycles. The van der Waals surface area contributed by atoms with Gasteiger partial charge in [-0.1, -0.05) is 24.3 Å². The Hall–Kier alpha value is -2.21. The molecule has 0 saturated carbocycles. The van der Waals surface area contributed by atoms with Gasteiger partial charge in [-0.25, -0.2) is 0 Å². The first-order chi connectivity index (χ1) is 12.4. The molecule has 0 amide bonds. The van der Waals surface area contributed by atoms with E-state index in [1.165, 1.54) is 25.0 Å². The van der Waals surface area contributed by atoms with Crippen LogP contribution in [0.15, 0.2) is 48.5 Å². The minimum Gasteiger partial charge on any atom is -0.490 e. The predicted octanol–water partition coefficient (Wildman–Crippen LogP) is 4.91. The highest BCUT2D eigenvalue weighted by Gasteiger charge is 2.34. The van der Waals surface area contributed by atoms with E-state index in [1.54, 1.807) is 12.1 Å². The summed E-state index contributed by atoms with van der Waals surface area (Å²) >= 11 is 0. The van der Waals surface area contributed by atoms with Crippen LogP contribution < -0.4 is 14.8 Å². The summed E-state index contributed by atoms with van der Waals surface area (Å²) in [6.45, 7) is 0. The number of piperidine rings is 1. The van der Waals surface area contributed by atoms with Crippen molar-refractivity contribution >= 4 is 0 Å². The highest BCUT2D eigenvalue weighted by Crippen LogP contribution is 2.32. The molecule has 2 fully saturated rings. The highest BCUT2D eigenvalue weighted by atomic mass is 19.4. The second kappa shape index (κ2) is 6.83. The summed E-state index contributed by atoms with van der Waals surface area (Å²) in [6.07, 6.45) is -0.111. The molecule has 2 atom stereocenters. The average molecular weight is 363 g/mol. The number of alkyl halides is 3. The van der Waals surface area contributed by atoms with E-state index in [9.17, 15) is 13.2 Å². The van der Waals surface area contributed by atoms with Crippen molar-refractivity contribution in [2.45, 2.75) is 50.2 Å². The standard InChI is InChI=1S/C20H20F3NO2/c21-20(22,23)26-18-6-2-4-14(10-18)13-3-1-5-17(9-13)25-19-11-15-7-8-16(12-19)24-15/h1-6,9-10,15-16,19,24H,7-8,11-12H2. The van der Waals surface area contributed by atoms with Gasteiger partial charge in [0.05, 0.1) is 0 Å². The molecule has 3 nitrogen and oxygen atoms in total. The van der Waals surface area contributed by atoms with Gasteiger partial charge in [0.2, 0.25) is 0 Å². The fourth-order valence-electron chi connectivity index (χ4n) is 3.92. The van der Waals surface area contributed by atoms with Crippen LogP contribution in [0, 0.1) is 0 Å². The van der Waals surface area contributed by atoms with E-state index in [-0.39, 0.29) is 11.9 Å². The van der Waals surface area contributed by atoms with Crippen molar-refractivity contribution in [3.05, 3.63) is 48.5 Å². The van der Waals surface area contributed by atoms with Crippen LogP contribution >= 0.6 is 0 Å². The maximum Gasteiger partial charge on any atom is 0.573 e. The van der Waals surface area contributed by atoms with Gasteiger partial charge in [0.1, 0.15) is 17.6 Å². The quantitative estimate of drug-likeness (QED) is 0.837. The largest absolute Gasteiger partial charge is 0.573 e. The van der Waals surface area contributed by atoms with Crippen LogP contribution in [-0.4, -0.2) is 24.6 Å². The Kier molecular flexibility index (Phi) is 4.53. The SMILES string of the molecule is FC(F)(F)Oc1cccc(-c2cccc(OC3CC4CCC(C3)N4)c2)c1. The number of nitrogens with one attached hydrogen (secondary N) is 1. The molecule has 2 bridgehead atoms. The summed E-state index contributed by atoms with van der Waals surface area (Å²) in [5.74, 6) is 0.521. The number of ether oxygens (including phenoxy) is 2. The Morgan fingerprint density at radius 1 is 0.846 bits per heavy atom. The smallest absolute Gasteiger partial charge is 0.490 e. The second-order valence-corrected chi connectivity index (χ2v) is 6.95. The number of rotatable bonds is 4. The Bertz CT molecular complexity index is 766. The fourth-order valence-corrected chi connectivity index (χ4v) is 3.92. The maximum atomic E-state index is 12.4. The minimum atomic E-state index is -4.70. The van der Waals surface area contributed by atoms with Gasteiger partial charge in [0, 0.05) is 12.1 Å². The van der Waals surface area contributed by atoms with Crippen molar-refractivity contribution in [1.29, 1.82) is 0 Å². The number of benzene rings is 2. The molecule has 6 heteroatoms. The van der Waals surface area contributed by atoms with Gasteiger partial charge in [0.15, 0.2) is 0 Å². The van der Waals surface area contributed by atoms with Crippen LogP contribution in [-0.2, 0) is 0 Å². The Balaban J connectivity index is 1.50. The first-order valence-corrected chi connectivity index (χ1v) is 8.83. The van der Waals surface area contributed by atoms with E-state index in [1.807, 2.05) is 24.3 Å². The monoisotopic (exact) mass is 363 g/mol. The molecule has 0 radical (unpaired) electrons. The molecule has 2 heterocycles. The number of fused-ring (bicyclic) bond motifs is 2. The lowest BCUT2D eigenvalue weighted by Gasteiger charge is -2.29. The molecule has 0 spiro atoms. The zero-order valence-corrected chi connectivity index (χ0v) is 14.1. The zero-order valence-electron chi connectivity index (χ0n) is 14.1. The van der Waals surface area contributed by atoms with Crippen molar-refractivity contribution in [1.82, 2.24) is 5.32 Å². The molecule has 0 aliphatic carbocycles. The van der Waals surface area contributed by atoms with E-state index < -0.39 is 6.36 Å². The van der Waals surface area contributed by atoms with E-state index in [2.05, 4.69) is 10.1 Å². The third kappa shape index (κ3) is 4.12. The highest BCUT2D eigenvalue weighted by molar-refractivity contribution is 5.66. The molecular weight excluding hydrogens is 343 g/mol. The molecule has 1 N–H and O–H groups in total. The van der Waals surface area contributed by atoms with Crippen LogP contribution in [0.5, 0.6) is 11.5 Å². The lowest BCUT2D eigenvalue weighted by Crippen LogP contribution is -2.42. The molecule has 0 aromatic heterocycles. The van der Waals surface area contributed by atoms with E-state index in [4.69, 9.17) is 4.74 Å². The van der Waals surface area contributed by atoms with Crippen molar-refractivity contribution < 1.29 is 22.6 Å². The first kappa shape index (κ1) is 17.2. The maximum absolute atomic E-state index is 12.4. The van der Waals surface area contributed by atoms with Crippen molar-refractivity contribution in [2.75, 3.05) is 0 Å². The summed E-state index contributed by atoms with van der Waals surface area (Å²) in [5, 5.41) is 3.58. The van der Waals surface area contributed by atoms with Gasteiger partial charge in [-0.3, -0.25) is 0 Å². The molecule has 2 aromatic rings. The summed E-state index contributed by atoms with van der Waals surface area (Å²) in [5.41, 5.74) is 1.45. The lowest BCUT2D eigenvalue weighted by atomic mass is 10.0. The molecule has 26 heavy (non-hydrogen) atoms. The molecular formula is C20H20F3NO2. The van der Waals surface area contributed by atoms with Crippen LogP contribution in [0.25, 0.3) is 11.1 Å². The van der Waals surface area contributed by atoms with Gasteiger partial charge < -0.3 is 14.8 Å². The topological polar surface area (TPSA) is 30.5 Å². The molecule has 2 unspecified atom stereocenters. The van der Waals surface area contributed by atoms with Crippen LogP contribution in [0.2, 0.25) is 0 Å². The third-order valence-electron chi connectivity index (χ3n) is 4.97. The first-order valence-electron chi connectivity index (χ1n) is 8.83. The second-order valence-electron chi connectivity index (χ2n) is 6.95. The predicted molar refractivity (Wildman–Crippen MR) is 92.2 cm³/mol. The summed E-state index contributed by atoms with van der Waals surface area (Å²) in [6, 6.07) is 14.5. The average Bonchev–Trinajstić information content (AvgIpc) is 2.92. The fraction of sp³-hybridized carbons (Fsp3) is 0.400. The van der Waals surface area contributed by atoms with Gasteiger partial charge in [-0.15, -0.1) is 13.2 Å². The lowest BCUT2D eigenvalue weighted by molar-refractivity contribution is -0.274. The number of hydrogen-bond donors (Lipinski definition) is 1. The summed E-state index contributed by atoms with van der Waals surface area (Å²) in [4.78, 5) is 0. The molecule has 138 valence electrons. The molecule has 2 aromatic carbocycles. The van der Waals surface area contributed by atoms with Crippen LogP contribution in [0.4, 0.5) is 13.2 Å². The van der Waals surface area contributed by atoms with Crippen molar-refractivity contribution in [3.8, 4) is 22.6 Å². The van der Waals surface area contributed by atoms with Gasteiger partial charge >= 0.3 is 6.36 Å². The molecule has 2 aliphatic rings. The van der Waals surface area contributed by atoms with E-state index in [0.717, 1.165) is 24.2 Å². The normalized spacial score (nSPS) is 25.1. The van der Waals surface area contributed by atoms with Crippen molar-refractivity contribution in [3.63, 3.8) is 0 Å². The Labute approximate surface area is 150 Å². The van der Waals surface area contributed by atoms with Gasteiger partial charge in [-0.2, -0.15) is 0 Å². The minimum absolute atomic E-state index is 0.184. The summed E-state index contributed by atoms with van der Waals surface area (Å²) in [7, 11) is 0. The van der Waals surface area contributed by atoms with Crippen LogP contribution in [0.3, 0.4) is 0 Å².